The molecule has 0 aliphatic rings. The SMILES string of the molecule is Cc1ccc(NC(=O)[C@H](C)OC(=O)CCOc2ccc(C(C)(C)C)cc2)cc1. The highest BCUT2D eigenvalue weighted by Gasteiger charge is 2.18. The number of rotatable bonds is 7. The molecule has 0 radical (unpaired) electrons. The number of nitrogens with one attached hydrogen (secondary N) is 1. The molecule has 0 aliphatic carbocycles. The molecule has 28 heavy (non-hydrogen) atoms. The summed E-state index contributed by atoms with van der Waals surface area (Å²) in [6.45, 7) is 10.2. The minimum absolute atomic E-state index is 0.0726. The summed E-state index contributed by atoms with van der Waals surface area (Å²) in [7, 11) is 0. The van der Waals surface area contributed by atoms with Gasteiger partial charge in [-0.15, -0.1) is 0 Å². The third-order valence-electron chi connectivity index (χ3n) is 4.29. The first-order valence-corrected chi connectivity index (χ1v) is 9.45. The molecule has 2 rings (SSSR count). The Morgan fingerprint density at radius 3 is 2.18 bits per heavy atom. The van der Waals surface area contributed by atoms with Crippen LogP contribution in [0.2, 0.25) is 0 Å². The molecule has 1 amide bonds. The first-order chi connectivity index (χ1) is 13.1. The van der Waals surface area contributed by atoms with Crippen LogP contribution in [0.1, 0.15) is 45.2 Å². The normalized spacial score (nSPS) is 12.2. The van der Waals surface area contributed by atoms with E-state index in [1.54, 1.807) is 19.1 Å². The van der Waals surface area contributed by atoms with Crippen LogP contribution in [0.3, 0.4) is 0 Å². The fraction of sp³-hybridized carbons (Fsp3) is 0.391. The van der Waals surface area contributed by atoms with E-state index in [0.29, 0.717) is 11.4 Å². The molecule has 0 fully saturated rings. The molecule has 0 aliphatic heterocycles. The van der Waals surface area contributed by atoms with Crippen molar-refractivity contribution < 1.29 is 19.1 Å². The lowest BCUT2D eigenvalue weighted by Crippen LogP contribution is -2.30. The Hall–Kier alpha value is -2.82. The second-order valence-electron chi connectivity index (χ2n) is 7.86. The maximum absolute atomic E-state index is 12.1. The van der Waals surface area contributed by atoms with Gasteiger partial charge in [-0.1, -0.05) is 50.6 Å². The predicted octanol–water partition coefficient (Wildman–Crippen LogP) is 4.63. The van der Waals surface area contributed by atoms with Crippen molar-refractivity contribution in [2.75, 3.05) is 11.9 Å². The van der Waals surface area contributed by atoms with Crippen molar-refractivity contribution in [2.45, 2.75) is 52.6 Å². The van der Waals surface area contributed by atoms with Crippen LogP contribution in [0.15, 0.2) is 48.5 Å². The van der Waals surface area contributed by atoms with Crippen LogP contribution in [0.25, 0.3) is 0 Å². The molecular formula is C23H29NO4. The molecular weight excluding hydrogens is 354 g/mol. The summed E-state index contributed by atoms with van der Waals surface area (Å²) in [5, 5.41) is 2.73. The summed E-state index contributed by atoms with van der Waals surface area (Å²) in [6.07, 6.45) is -0.803. The summed E-state index contributed by atoms with van der Waals surface area (Å²) in [5.74, 6) is -0.139. The minimum Gasteiger partial charge on any atom is -0.493 e. The Morgan fingerprint density at radius 1 is 1.00 bits per heavy atom. The maximum atomic E-state index is 12.1. The average Bonchev–Trinajstić information content (AvgIpc) is 2.63. The lowest BCUT2D eigenvalue weighted by molar-refractivity contribution is -0.153. The van der Waals surface area contributed by atoms with E-state index in [2.05, 4.69) is 26.1 Å². The molecule has 0 saturated carbocycles. The topological polar surface area (TPSA) is 64.6 Å². The minimum atomic E-state index is -0.875. The molecule has 0 bridgehead atoms. The van der Waals surface area contributed by atoms with Gasteiger partial charge in [0.15, 0.2) is 6.10 Å². The molecule has 2 aromatic carbocycles. The zero-order valence-electron chi connectivity index (χ0n) is 17.2. The van der Waals surface area contributed by atoms with Crippen LogP contribution in [0, 0.1) is 6.92 Å². The first kappa shape index (κ1) is 21.5. The molecule has 1 N–H and O–H groups in total. The molecule has 0 aromatic heterocycles. The number of hydrogen-bond acceptors (Lipinski definition) is 4. The van der Waals surface area contributed by atoms with Gasteiger partial charge in [0.2, 0.25) is 0 Å². The summed E-state index contributed by atoms with van der Waals surface area (Å²) < 4.78 is 10.8. The van der Waals surface area contributed by atoms with E-state index in [9.17, 15) is 9.59 Å². The second kappa shape index (κ2) is 9.40. The fourth-order valence-corrected chi connectivity index (χ4v) is 2.49. The van der Waals surface area contributed by atoms with Crippen LogP contribution in [-0.4, -0.2) is 24.6 Å². The highest BCUT2D eigenvalue weighted by Crippen LogP contribution is 2.24. The Labute approximate surface area is 167 Å². The van der Waals surface area contributed by atoms with Crippen LogP contribution >= 0.6 is 0 Å². The van der Waals surface area contributed by atoms with E-state index in [4.69, 9.17) is 9.47 Å². The summed E-state index contributed by atoms with van der Waals surface area (Å²) in [4.78, 5) is 24.1. The molecule has 5 nitrogen and oxygen atoms in total. The van der Waals surface area contributed by atoms with E-state index < -0.39 is 12.1 Å². The Morgan fingerprint density at radius 2 is 1.61 bits per heavy atom. The Bertz CT molecular complexity index is 789. The van der Waals surface area contributed by atoms with Crippen molar-refractivity contribution in [1.29, 1.82) is 0 Å². The molecule has 0 unspecified atom stereocenters. The number of amides is 1. The van der Waals surface area contributed by atoms with Gasteiger partial charge in [-0.25, -0.2) is 0 Å². The first-order valence-electron chi connectivity index (χ1n) is 9.45. The zero-order chi connectivity index (χ0) is 20.7. The Kier molecular flexibility index (Phi) is 7.21. The van der Waals surface area contributed by atoms with E-state index in [0.717, 1.165) is 5.56 Å². The molecule has 150 valence electrons. The van der Waals surface area contributed by atoms with Gasteiger partial charge in [0.05, 0.1) is 13.0 Å². The van der Waals surface area contributed by atoms with Crippen molar-refractivity contribution in [3.05, 3.63) is 59.7 Å². The highest BCUT2D eigenvalue weighted by atomic mass is 16.5. The molecule has 0 heterocycles. The van der Waals surface area contributed by atoms with Crippen LogP contribution in [0.4, 0.5) is 5.69 Å². The predicted molar refractivity (Wildman–Crippen MR) is 111 cm³/mol. The molecule has 2 aromatic rings. The number of carbonyl (C=O) groups excluding carboxylic acids is 2. The second-order valence-corrected chi connectivity index (χ2v) is 7.86. The standard InChI is InChI=1S/C23H29NO4/c1-16-6-10-19(11-7-16)24-22(26)17(2)28-21(25)14-15-27-20-12-8-18(9-13-20)23(3,4)5/h6-13,17H,14-15H2,1-5H3,(H,24,26)/t17-/m0/s1. The molecule has 1 atom stereocenters. The van der Waals surface area contributed by atoms with Crippen LogP contribution in [0.5, 0.6) is 5.75 Å². The van der Waals surface area contributed by atoms with Gasteiger partial charge in [-0.3, -0.25) is 9.59 Å². The van der Waals surface area contributed by atoms with Gasteiger partial charge in [0, 0.05) is 5.69 Å². The summed E-state index contributed by atoms with van der Waals surface area (Å²) in [5.41, 5.74) is 3.07. The van der Waals surface area contributed by atoms with Gasteiger partial charge in [0.25, 0.3) is 5.91 Å². The third-order valence-corrected chi connectivity index (χ3v) is 4.29. The lowest BCUT2D eigenvalue weighted by atomic mass is 9.87. The van der Waals surface area contributed by atoms with Gasteiger partial charge >= 0.3 is 5.97 Å². The van der Waals surface area contributed by atoms with Crippen molar-refractivity contribution in [1.82, 2.24) is 0 Å². The van der Waals surface area contributed by atoms with Gasteiger partial charge < -0.3 is 14.8 Å². The number of carbonyl (C=O) groups is 2. The summed E-state index contributed by atoms with van der Waals surface area (Å²) >= 11 is 0. The number of benzene rings is 2. The number of aryl methyl sites for hydroxylation is 1. The Balaban J connectivity index is 1.74. The van der Waals surface area contributed by atoms with Gasteiger partial charge in [-0.2, -0.15) is 0 Å². The van der Waals surface area contributed by atoms with E-state index >= 15 is 0 Å². The van der Waals surface area contributed by atoms with Gasteiger partial charge in [0.1, 0.15) is 5.75 Å². The third kappa shape index (κ3) is 6.72. The number of esters is 1. The van der Waals surface area contributed by atoms with Gasteiger partial charge in [-0.05, 0) is 49.1 Å². The molecule has 5 heteroatoms. The van der Waals surface area contributed by atoms with Crippen LogP contribution < -0.4 is 10.1 Å². The number of ether oxygens (including phenoxy) is 2. The van der Waals surface area contributed by atoms with Crippen molar-refractivity contribution in [3.63, 3.8) is 0 Å². The highest BCUT2D eigenvalue weighted by molar-refractivity contribution is 5.95. The smallest absolute Gasteiger partial charge is 0.310 e. The number of anilines is 1. The lowest BCUT2D eigenvalue weighted by Gasteiger charge is -2.19. The largest absolute Gasteiger partial charge is 0.493 e. The van der Waals surface area contributed by atoms with Crippen molar-refractivity contribution in [3.8, 4) is 5.75 Å². The average molecular weight is 383 g/mol. The van der Waals surface area contributed by atoms with Crippen molar-refractivity contribution >= 4 is 17.6 Å². The zero-order valence-corrected chi connectivity index (χ0v) is 17.2. The number of hydrogen-bond donors (Lipinski definition) is 1. The monoisotopic (exact) mass is 383 g/mol. The maximum Gasteiger partial charge on any atom is 0.310 e. The molecule has 0 saturated heterocycles. The van der Waals surface area contributed by atoms with E-state index in [1.807, 2.05) is 43.3 Å². The van der Waals surface area contributed by atoms with Crippen molar-refractivity contribution in [2.24, 2.45) is 0 Å². The van der Waals surface area contributed by atoms with Crippen LogP contribution in [-0.2, 0) is 19.7 Å². The molecule has 0 spiro atoms. The summed E-state index contributed by atoms with van der Waals surface area (Å²) in [6, 6.07) is 15.2. The van der Waals surface area contributed by atoms with E-state index in [-0.39, 0.29) is 24.3 Å². The fourth-order valence-electron chi connectivity index (χ4n) is 2.49. The quantitative estimate of drug-likeness (QED) is 0.708. The van der Waals surface area contributed by atoms with E-state index in [1.165, 1.54) is 5.56 Å².